The lowest BCUT2D eigenvalue weighted by atomic mass is 10.1. The van der Waals surface area contributed by atoms with Crippen LogP contribution in [-0.4, -0.2) is 11.1 Å². The van der Waals surface area contributed by atoms with Crippen molar-refractivity contribution in [1.29, 1.82) is 0 Å². The van der Waals surface area contributed by atoms with Crippen molar-refractivity contribution < 1.29 is 4.74 Å². The van der Waals surface area contributed by atoms with Gasteiger partial charge in [-0.05, 0) is 50.5 Å². The average molecular weight is 213 g/mol. The summed E-state index contributed by atoms with van der Waals surface area (Å²) in [5.41, 5.74) is 3.27. The van der Waals surface area contributed by atoms with Crippen molar-refractivity contribution in [3.63, 3.8) is 0 Å². The van der Waals surface area contributed by atoms with Crippen LogP contribution in [0.15, 0.2) is 24.3 Å². The summed E-state index contributed by atoms with van der Waals surface area (Å²) in [4.78, 5) is 4.57. The number of nitrogens with zero attached hydrogens (tertiary/aromatic N) is 1. The lowest BCUT2D eigenvalue weighted by Crippen LogP contribution is -1.98. The summed E-state index contributed by atoms with van der Waals surface area (Å²) in [5, 5.41) is 1.17. The van der Waals surface area contributed by atoms with Gasteiger partial charge in [0.15, 0.2) is 0 Å². The van der Waals surface area contributed by atoms with Crippen LogP contribution in [-0.2, 0) is 0 Å². The number of hydrogen-bond donors (Lipinski definition) is 0. The molecule has 0 N–H and O–H groups in total. The van der Waals surface area contributed by atoms with Crippen LogP contribution in [0.3, 0.4) is 0 Å². The molecule has 16 heavy (non-hydrogen) atoms. The first kappa shape index (κ1) is 9.64. The second kappa shape index (κ2) is 3.48. The van der Waals surface area contributed by atoms with Gasteiger partial charge >= 0.3 is 0 Å². The van der Waals surface area contributed by atoms with Gasteiger partial charge in [0.1, 0.15) is 11.3 Å². The maximum Gasteiger partial charge on any atom is 0.146 e. The molecule has 2 heteroatoms. The van der Waals surface area contributed by atoms with Crippen molar-refractivity contribution in [2.75, 3.05) is 0 Å². The van der Waals surface area contributed by atoms with Gasteiger partial charge in [0.25, 0.3) is 0 Å². The summed E-state index contributed by atoms with van der Waals surface area (Å²) in [5.74, 6) is 0.946. The molecule has 0 atom stereocenters. The second-order valence-electron chi connectivity index (χ2n) is 4.60. The van der Waals surface area contributed by atoms with Crippen LogP contribution < -0.4 is 4.74 Å². The minimum absolute atomic E-state index is 0.423. The monoisotopic (exact) mass is 213 g/mol. The summed E-state index contributed by atoms with van der Waals surface area (Å²) >= 11 is 0. The highest BCUT2D eigenvalue weighted by molar-refractivity contribution is 5.85. The van der Waals surface area contributed by atoms with E-state index in [1.165, 1.54) is 23.8 Å². The summed E-state index contributed by atoms with van der Waals surface area (Å²) in [6.45, 7) is 4.11. The molecule has 1 aromatic carbocycles. The van der Waals surface area contributed by atoms with E-state index in [1.54, 1.807) is 0 Å². The maximum absolute atomic E-state index is 5.91. The molecular weight excluding hydrogens is 198 g/mol. The van der Waals surface area contributed by atoms with Crippen LogP contribution in [0, 0.1) is 13.8 Å². The van der Waals surface area contributed by atoms with Gasteiger partial charge in [-0.2, -0.15) is 0 Å². The van der Waals surface area contributed by atoms with Gasteiger partial charge in [-0.3, -0.25) is 0 Å². The van der Waals surface area contributed by atoms with Crippen molar-refractivity contribution in [3.05, 3.63) is 35.5 Å². The zero-order valence-electron chi connectivity index (χ0n) is 9.66. The molecular formula is C14H15NO. The molecule has 1 fully saturated rings. The Morgan fingerprint density at radius 2 is 2.00 bits per heavy atom. The van der Waals surface area contributed by atoms with E-state index in [0.29, 0.717) is 6.10 Å². The van der Waals surface area contributed by atoms with Gasteiger partial charge in [-0.25, -0.2) is 4.98 Å². The van der Waals surface area contributed by atoms with Crippen LogP contribution >= 0.6 is 0 Å². The molecule has 0 radical (unpaired) electrons. The zero-order valence-corrected chi connectivity index (χ0v) is 9.66. The van der Waals surface area contributed by atoms with E-state index in [1.807, 2.05) is 13.0 Å². The molecule has 2 aromatic rings. The molecule has 1 aliphatic rings. The second-order valence-corrected chi connectivity index (χ2v) is 4.60. The molecule has 1 saturated carbocycles. The first-order chi connectivity index (χ1) is 7.72. The molecule has 1 aromatic heterocycles. The molecule has 1 aliphatic carbocycles. The minimum Gasteiger partial charge on any atom is -0.488 e. The standard InChI is InChI=1S/C14H15NO/c1-9-7-11-4-3-10(2)15-14(11)13(8-9)16-12-5-6-12/h3-4,7-8,12H,5-6H2,1-2H3. The van der Waals surface area contributed by atoms with Crippen LogP contribution in [0.1, 0.15) is 24.1 Å². The fourth-order valence-corrected chi connectivity index (χ4v) is 1.90. The molecule has 0 amide bonds. The third kappa shape index (κ3) is 1.75. The van der Waals surface area contributed by atoms with Crippen molar-refractivity contribution in [2.45, 2.75) is 32.8 Å². The number of rotatable bonds is 2. The summed E-state index contributed by atoms with van der Waals surface area (Å²) in [6, 6.07) is 8.40. The van der Waals surface area contributed by atoms with Gasteiger partial charge in [0, 0.05) is 11.1 Å². The number of hydrogen-bond acceptors (Lipinski definition) is 2. The Morgan fingerprint density at radius 3 is 2.75 bits per heavy atom. The lowest BCUT2D eigenvalue weighted by molar-refractivity contribution is 0.306. The fourth-order valence-electron chi connectivity index (χ4n) is 1.90. The van der Waals surface area contributed by atoms with Gasteiger partial charge in [-0.1, -0.05) is 6.07 Å². The number of aryl methyl sites for hydroxylation is 2. The van der Waals surface area contributed by atoms with Crippen LogP contribution in [0.5, 0.6) is 5.75 Å². The van der Waals surface area contributed by atoms with E-state index in [-0.39, 0.29) is 0 Å². The van der Waals surface area contributed by atoms with Gasteiger partial charge in [-0.15, -0.1) is 0 Å². The molecule has 0 bridgehead atoms. The van der Waals surface area contributed by atoms with Crippen molar-refractivity contribution >= 4 is 10.9 Å². The van der Waals surface area contributed by atoms with E-state index in [0.717, 1.165) is 17.0 Å². The van der Waals surface area contributed by atoms with Crippen LogP contribution in [0.4, 0.5) is 0 Å². The molecule has 82 valence electrons. The van der Waals surface area contributed by atoms with Gasteiger partial charge < -0.3 is 4.74 Å². The Bertz CT molecular complexity index is 544. The normalized spacial score (nSPS) is 15.4. The van der Waals surface area contributed by atoms with Crippen molar-refractivity contribution in [2.24, 2.45) is 0 Å². The third-order valence-corrected chi connectivity index (χ3v) is 2.86. The quantitative estimate of drug-likeness (QED) is 0.762. The first-order valence-corrected chi connectivity index (χ1v) is 5.77. The topological polar surface area (TPSA) is 22.1 Å². The number of ether oxygens (including phenoxy) is 1. The molecule has 3 rings (SSSR count). The number of fused-ring (bicyclic) bond motifs is 1. The van der Waals surface area contributed by atoms with Crippen molar-refractivity contribution in [3.8, 4) is 5.75 Å². The number of benzene rings is 1. The van der Waals surface area contributed by atoms with E-state index >= 15 is 0 Å². The highest BCUT2D eigenvalue weighted by Crippen LogP contribution is 2.32. The number of pyridine rings is 1. The number of aromatic nitrogens is 1. The highest BCUT2D eigenvalue weighted by atomic mass is 16.5. The maximum atomic E-state index is 5.91. The van der Waals surface area contributed by atoms with Crippen molar-refractivity contribution in [1.82, 2.24) is 4.98 Å². The molecule has 0 spiro atoms. The largest absolute Gasteiger partial charge is 0.488 e. The van der Waals surface area contributed by atoms with Gasteiger partial charge in [0.05, 0.1) is 6.10 Å². The van der Waals surface area contributed by atoms with E-state index in [9.17, 15) is 0 Å². The Balaban J connectivity index is 2.18. The third-order valence-electron chi connectivity index (χ3n) is 2.86. The van der Waals surface area contributed by atoms with Gasteiger partial charge in [0.2, 0.25) is 0 Å². The molecule has 0 aliphatic heterocycles. The SMILES string of the molecule is Cc1cc(OC2CC2)c2nc(C)ccc2c1. The Hall–Kier alpha value is -1.57. The predicted molar refractivity (Wildman–Crippen MR) is 64.9 cm³/mol. The van der Waals surface area contributed by atoms with E-state index in [4.69, 9.17) is 4.74 Å². The van der Waals surface area contributed by atoms with Crippen LogP contribution in [0.2, 0.25) is 0 Å². The Morgan fingerprint density at radius 1 is 1.19 bits per heavy atom. The summed E-state index contributed by atoms with van der Waals surface area (Å²) in [7, 11) is 0. The van der Waals surface area contributed by atoms with Crippen LogP contribution in [0.25, 0.3) is 10.9 Å². The molecule has 0 saturated heterocycles. The molecule has 2 nitrogen and oxygen atoms in total. The highest BCUT2D eigenvalue weighted by Gasteiger charge is 2.24. The lowest BCUT2D eigenvalue weighted by Gasteiger charge is -2.09. The summed E-state index contributed by atoms with van der Waals surface area (Å²) in [6.07, 6.45) is 2.79. The van der Waals surface area contributed by atoms with E-state index in [2.05, 4.69) is 30.1 Å². The Labute approximate surface area is 95.3 Å². The molecule has 1 heterocycles. The zero-order chi connectivity index (χ0) is 11.1. The minimum atomic E-state index is 0.423. The van der Waals surface area contributed by atoms with E-state index < -0.39 is 0 Å². The predicted octanol–water partition coefficient (Wildman–Crippen LogP) is 3.39. The Kier molecular flexibility index (Phi) is 2.10. The fraction of sp³-hybridized carbons (Fsp3) is 0.357. The molecule has 0 unspecified atom stereocenters. The summed E-state index contributed by atoms with van der Waals surface area (Å²) < 4.78 is 5.91. The first-order valence-electron chi connectivity index (χ1n) is 5.77. The average Bonchev–Trinajstić information content (AvgIpc) is 3.03. The smallest absolute Gasteiger partial charge is 0.146 e.